The Balaban J connectivity index is 2.58. The topological polar surface area (TPSA) is 21.3 Å². The Morgan fingerprint density at radius 3 is 2.68 bits per heavy atom. The van der Waals surface area contributed by atoms with Gasteiger partial charge in [-0.05, 0) is 59.0 Å². The largest absolute Gasteiger partial charge is 0.495 e. The van der Waals surface area contributed by atoms with Gasteiger partial charge in [-0.2, -0.15) is 0 Å². The minimum atomic E-state index is 0.0740. The fourth-order valence-corrected chi connectivity index (χ4v) is 4.17. The highest BCUT2D eigenvalue weighted by Crippen LogP contribution is 2.40. The molecular formula is C14H15BrClNOS. The molecule has 1 unspecified atom stereocenters. The molecule has 102 valence electrons. The normalized spacial score (nSPS) is 12.5. The molecule has 0 spiro atoms. The minimum Gasteiger partial charge on any atom is -0.495 e. The van der Waals surface area contributed by atoms with Crippen LogP contribution < -0.4 is 10.1 Å². The summed E-state index contributed by atoms with van der Waals surface area (Å²) in [5.41, 5.74) is 2.30. The maximum absolute atomic E-state index is 6.17. The van der Waals surface area contributed by atoms with Crippen molar-refractivity contribution in [3.05, 3.63) is 49.1 Å². The molecule has 1 N–H and O–H groups in total. The number of aryl methyl sites for hydroxylation is 1. The average Bonchev–Trinajstić information content (AvgIpc) is 2.76. The van der Waals surface area contributed by atoms with Crippen molar-refractivity contribution in [2.24, 2.45) is 0 Å². The van der Waals surface area contributed by atoms with Gasteiger partial charge >= 0.3 is 0 Å². The molecule has 2 aromatic rings. The van der Waals surface area contributed by atoms with E-state index in [0.717, 1.165) is 15.8 Å². The van der Waals surface area contributed by atoms with Gasteiger partial charge in [-0.15, -0.1) is 11.3 Å². The van der Waals surface area contributed by atoms with Crippen LogP contribution in [0.3, 0.4) is 0 Å². The zero-order chi connectivity index (χ0) is 14.0. The van der Waals surface area contributed by atoms with Crippen LogP contribution in [0, 0.1) is 6.92 Å². The van der Waals surface area contributed by atoms with Crippen LogP contribution in [-0.4, -0.2) is 14.2 Å². The van der Waals surface area contributed by atoms with Crippen molar-refractivity contribution in [3.8, 4) is 5.75 Å². The van der Waals surface area contributed by atoms with Crippen LogP contribution in [0.2, 0.25) is 5.02 Å². The summed E-state index contributed by atoms with van der Waals surface area (Å²) in [6, 6.07) is 5.99. The van der Waals surface area contributed by atoms with Crippen molar-refractivity contribution in [2.45, 2.75) is 13.0 Å². The molecule has 1 heterocycles. The quantitative estimate of drug-likeness (QED) is 0.846. The van der Waals surface area contributed by atoms with Gasteiger partial charge in [0.2, 0.25) is 0 Å². The number of halogens is 2. The first-order valence-electron chi connectivity index (χ1n) is 5.82. The zero-order valence-electron chi connectivity index (χ0n) is 11.0. The highest BCUT2D eigenvalue weighted by atomic mass is 79.9. The predicted molar refractivity (Wildman–Crippen MR) is 85.7 cm³/mol. The first-order valence-corrected chi connectivity index (χ1v) is 7.87. The van der Waals surface area contributed by atoms with Gasteiger partial charge in [-0.3, -0.25) is 0 Å². The Morgan fingerprint density at radius 1 is 1.42 bits per heavy atom. The van der Waals surface area contributed by atoms with E-state index < -0.39 is 0 Å². The fourth-order valence-electron chi connectivity index (χ4n) is 2.12. The molecule has 0 aliphatic rings. The molecule has 0 amide bonds. The van der Waals surface area contributed by atoms with E-state index in [4.69, 9.17) is 16.3 Å². The lowest BCUT2D eigenvalue weighted by molar-refractivity contribution is 0.403. The maximum atomic E-state index is 6.17. The molecule has 0 radical (unpaired) electrons. The summed E-state index contributed by atoms with van der Waals surface area (Å²) in [6.45, 7) is 2.11. The van der Waals surface area contributed by atoms with Crippen molar-refractivity contribution in [1.29, 1.82) is 0 Å². The SMILES string of the molecule is CNC(c1cc(Cl)cc(Br)c1OC)c1sccc1C. The number of benzene rings is 1. The summed E-state index contributed by atoms with van der Waals surface area (Å²) in [4.78, 5) is 1.27. The van der Waals surface area contributed by atoms with E-state index in [2.05, 4.69) is 39.6 Å². The Hall–Kier alpha value is -0.550. The molecular weight excluding hydrogens is 346 g/mol. The second kappa shape index (κ2) is 6.27. The number of rotatable bonds is 4. The Bertz CT molecular complexity index is 585. The van der Waals surface area contributed by atoms with Crippen molar-refractivity contribution in [2.75, 3.05) is 14.2 Å². The van der Waals surface area contributed by atoms with E-state index in [9.17, 15) is 0 Å². The second-order valence-corrected chi connectivity index (χ2v) is 6.44. The lowest BCUT2D eigenvalue weighted by Crippen LogP contribution is -2.18. The van der Waals surface area contributed by atoms with Crippen LogP contribution in [0.15, 0.2) is 28.1 Å². The molecule has 0 aliphatic carbocycles. The Morgan fingerprint density at radius 2 is 2.16 bits per heavy atom. The Labute approximate surface area is 130 Å². The van der Waals surface area contributed by atoms with E-state index in [1.807, 2.05) is 19.2 Å². The third-order valence-corrected chi connectivity index (χ3v) is 4.90. The molecule has 2 nitrogen and oxygen atoms in total. The van der Waals surface area contributed by atoms with Gasteiger partial charge in [-0.1, -0.05) is 11.6 Å². The average molecular weight is 361 g/mol. The number of ether oxygens (including phenoxy) is 1. The number of nitrogens with one attached hydrogen (secondary N) is 1. The third-order valence-electron chi connectivity index (χ3n) is 3.00. The highest BCUT2D eigenvalue weighted by molar-refractivity contribution is 9.10. The van der Waals surface area contributed by atoms with Crippen LogP contribution in [0.5, 0.6) is 5.75 Å². The van der Waals surface area contributed by atoms with Crippen LogP contribution >= 0.6 is 38.9 Å². The molecule has 0 fully saturated rings. The summed E-state index contributed by atoms with van der Waals surface area (Å²) < 4.78 is 6.38. The van der Waals surface area contributed by atoms with Gasteiger partial charge in [0.05, 0.1) is 17.6 Å². The van der Waals surface area contributed by atoms with Crippen LogP contribution in [0.1, 0.15) is 22.0 Å². The van der Waals surface area contributed by atoms with E-state index in [1.165, 1.54) is 10.4 Å². The van der Waals surface area contributed by atoms with Gasteiger partial charge in [0.25, 0.3) is 0 Å². The molecule has 1 aromatic carbocycles. The summed E-state index contributed by atoms with van der Waals surface area (Å²) in [5, 5.41) is 6.13. The fraction of sp³-hybridized carbons (Fsp3) is 0.286. The van der Waals surface area contributed by atoms with Gasteiger partial charge < -0.3 is 10.1 Å². The first kappa shape index (κ1) is 14.9. The summed E-state index contributed by atoms with van der Waals surface area (Å²) in [5.74, 6) is 0.816. The van der Waals surface area contributed by atoms with Gasteiger partial charge in [0, 0.05) is 15.5 Å². The van der Waals surface area contributed by atoms with Crippen molar-refractivity contribution < 1.29 is 4.74 Å². The number of methoxy groups -OCH3 is 1. The summed E-state index contributed by atoms with van der Waals surface area (Å²) in [7, 11) is 3.61. The van der Waals surface area contributed by atoms with Gasteiger partial charge in [-0.25, -0.2) is 0 Å². The molecule has 19 heavy (non-hydrogen) atoms. The standard InChI is InChI=1S/C14H15BrClNOS/c1-8-4-5-19-14(8)12(17-2)10-6-9(16)7-11(15)13(10)18-3/h4-7,12,17H,1-3H3. The molecule has 0 bridgehead atoms. The zero-order valence-corrected chi connectivity index (χ0v) is 14.1. The van der Waals surface area contributed by atoms with Gasteiger partial charge in [0.1, 0.15) is 5.75 Å². The number of thiophene rings is 1. The molecule has 2 rings (SSSR count). The monoisotopic (exact) mass is 359 g/mol. The first-order chi connectivity index (χ1) is 9.08. The third kappa shape index (κ3) is 2.97. The van der Waals surface area contributed by atoms with E-state index in [1.54, 1.807) is 18.4 Å². The Kier molecular flexibility index (Phi) is 4.90. The second-order valence-electron chi connectivity index (χ2n) is 4.20. The summed E-state index contributed by atoms with van der Waals surface area (Å²) >= 11 is 11.4. The number of hydrogen-bond donors (Lipinski definition) is 1. The van der Waals surface area contributed by atoms with Crippen molar-refractivity contribution in [1.82, 2.24) is 5.32 Å². The lowest BCUT2D eigenvalue weighted by Gasteiger charge is -2.20. The van der Waals surface area contributed by atoms with Crippen molar-refractivity contribution in [3.63, 3.8) is 0 Å². The van der Waals surface area contributed by atoms with E-state index >= 15 is 0 Å². The predicted octanol–water partition coefficient (Wildman–Crippen LogP) is 4.79. The highest BCUT2D eigenvalue weighted by Gasteiger charge is 2.21. The number of hydrogen-bond acceptors (Lipinski definition) is 3. The van der Waals surface area contributed by atoms with Crippen molar-refractivity contribution >= 4 is 38.9 Å². The van der Waals surface area contributed by atoms with E-state index in [0.29, 0.717) is 5.02 Å². The van der Waals surface area contributed by atoms with Crippen LogP contribution in [-0.2, 0) is 0 Å². The van der Waals surface area contributed by atoms with Crippen LogP contribution in [0.4, 0.5) is 0 Å². The van der Waals surface area contributed by atoms with Gasteiger partial charge in [0.15, 0.2) is 0 Å². The molecule has 5 heteroatoms. The summed E-state index contributed by atoms with van der Waals surface area (Å²) in [6.07, 6.45) is 0. The maximum Gasteiger partial charge on any atom is 0.138 e. The smallest absolute Gasteiger partial charge is 0.138 e. The lowest BCUT2D eigenvalue weighted by atomic mass is 10.0. The van der Waals surface area contributed by atoms with Crippen LogP contribution in [0.25, 0.3) is 0 Å². The molecule has 1 atom stereocenters. The minimum absolute atomic E-state index is 0.0740. The molecule has 0 aliphatic heterocycles. The van der Waals surface area contributed by atoms with E-state index in [-0.39, 0.29) is 6.04 Å². The molecule has 1 aromatic heterocycles. The molecule has 0 saturated heterocycles. The molecule has 0 saturated carbocycles.